The molecule has 2 aromatic rings. The van der Waals surface area contributed by atoms with E-state index in [0.717, 1.165) is 12.1 Å². The topological polar surface area (TPSA) is 42.7 Å². The number of carbonyl (C=O) groups excluding carboxylic acids is 1. The zero-order chi connectivity index (χ0) is 17.9. The van der Waals surface area contributed by atoms with Gasteiger partial charge >= 0.3 is 6.18 Å². The molecule has 1 aliphatic heterocycles. The van der Waals surface area contributed by atoms with Gasteiger partial charge in [-0.2, -0.15) is 13.2 Å². The van der Waals surface area contributed by atoms with E-state index >= 15 is 0 Å². The van der Waals surface area contributed by atoms with Gasteiger partial charge in [0, 0.05) is 12.6 Å². The largest absolute Gasteiger partial charge is 0.465 e. The van der Waals surface area contributed by atoms with Crippen LogP contribution in [0.25, 0.3) is 6.08 Å². The molecule has 132 valence electrons. The second-order valence-corrected chi connectivity index (χ2v) is 5.61. The van der Waals surface area contributed by atoms with Crippen LogP contribution in [0.15, 0.2) is 53.2 Å². The fourth-order valence-corrected chi connectivity index (χ4v) is 2.58. The Morgan fingerprint density at radius 2 is 1.96 bits per heavy atom. The molecule has 1 aromatic carbocycles. The van der Waals surface area contributed by atoms with Crippen molar-refractivity contribution in [2.45, 2.75) is 12.3 Å². The molecule has 4 nitrogen and oxygen atoms in total. The number of furan rings is 1. The molecule has 0 spiro atoms. The third-order valence-electron chi connectivity index (χ3n) is 3.92. The Kier molecular flexibility index (Phi) is 4.94. The minimum Gasteiger partial charge on any atom is -0.465 e. The molecule has 1 saturated heterocycles. The molecule has 1 atom stereocenters. The molecule has 0 unspecified atom stereocenters. The lowest BCUT2D eigenvalue weighted by atomic mass is 10.1. The van der Waals surface area contributed by atoms with Gasteiger partial charge in [0.1, 0.15) is 11.9 Å². The number of rotatable bonds is 3. The van der Waals surface area contributed by atoms with Gasteiger partial charge in [0.05, 0.1) is 25.0 Å². The lowest BCUT2D eigenvalue weighted by Crippen LogP contribution is -2.41. The molecule has 0 saturated carbocycles. The number of carbonyl (C=O) groups is 1. The number of morpholine rings is 1. The summed E-state index contributed by atoms with van der Waals surface area (Å²) >= 11 is 0. The van der Waals surface area contributed by atoms with Crippen LogP contribution in [0.2, 0.25) is 0 Å². The van der Waals surface area contributed by atoms with Crippen LogP contribution in [-0.2, 0) is 15.7 Å². The van der Waals surface area contributed by atoms with Crippen molar-refractivity contribution < 1.29 is 27.1 Å². The zero-order valence-corrected chi connectivity index (χ0v) is 13.2. The van der Waals surface area contributed by atoms with Gasteiger partial charge < -0.3 is 14.1 Å². The Bertz CT molecular complexity index is 736. The average molecular weight is 351 g/mol. The summed E-state index contributed by atoms with van der Waals surface area (Å²) in [6.45, 7) is 1.04. The number of hydrogen-bond donors (Lipinski definition) is 0. The summed E-state index contributed by atoms with van der Waals surface area (Å²) in [4.78, 5) is 13.9. The first-order valence-electron chi connectivity index (χ1n) is 7.73. The van der Waals surface area contributed by atoms with Gasteiger partial charge in [0.25, 0.3) is 0 Å². The number of amides is 1. The molecular weight excluding hydrogens is 335 g/mol. The summed E-state index contributed by atoms with van der Waals surface area (Å²) in [6.07, 6.45) is -0.319. The van der Waals surface area contributed by atoms with Crippen LogP contribution in [0, 0.1) is 0 Å². The van der Waals surface area contributed by atoms with Gasteiger partial charge in [-0.15, -0.1) is 0 Å². The van der Waals surface area contributed by atoms with Gasteiger partial charge in [-0.1, -0.05) is 12.1 Å². The van der Waals surface area contributed by atoms with E-state index in [-0.39, 0.29) is 12.5 Å². The summed E-state index contributed by atoms with van der Waals surface area (Å²) in [5.74, 6) is 0.373. The number of alkyl halides is 3. The predicted octanol–water partition coefficient (Wildman–Crippen LogP) is 3.91. The second-order valence-electron chi connectivity index (χ2n) is 5.61. The SMILES string of the molecule is O=C(/C=C/c1ccco1)N1CCO[C@H](c2ccc(C(F)(F)F)cc2)C1. The van der Waals surface area contributed by atoms with Crippen LogP contribution in [0.5, 0.6) is 0 Å². The van der Waals surface area contributed by atoms with Crippen LogP contribution < -0.4 is 0 Å². The molecule has 3 rings (SSSR count). The quantitative estimate of drug-likeness (QED) is 0.788. The first-order chi connectivity index (χ1) is 11.9. The maximum atomic E-state index is 12.6. The maximum absolute atomic E-state index is 12.6. The molecule has 1 amide bonds. The van der Waals surface area contributed by atoms with E-state index in [9.17, 15) is 18.0 Å². The molecular formula is C18H16F3NO3. The Labute approximate surface area is 142 Å². The number of benzene rings is 1. The summed E-state index contributed by atoms with van der Waals surface area (Å²) in [5.41, 5.74) is -0.0955. The molecule has 25 heavy (non-hydrogen) atoms. The molecule has 1 fully saturated rings. The standard InChI is InChI=1S/C18H16F3NO3/c19-18(20,21)14-5-3-13(4-6-14)16-12-22(9-11-25-16)17(23)8-7-15-2-1-10-24-15/h1-8,10,16H,9,11-12H2/b8-7+/t16-/m0/s1. The molecule has 1 aromatic heterocycles. The molecule has 0 bridgehead atoms. The molecule has 2 heterocycles. The van der Waals surface area contributed by atoms with Crippen molar-refractivity contribution in [1.29, 1.82) is 0 Å². The minimum atomic E-state index is -4.37. The van der Waals surface area contributed by atoms with E-state index in [1.165, 1.54) is 24.5 Å². The van der Waals surface area contributed by atoms with Crippen LogP contribution >= 0.6 is 0 Å². The molecule has 0 radical (unpaired) electrons. The molecule has 7 heteroatoms. The van der Waals surface area contributed by atoms with E-state index in [4.69, 9.17) is 9.15 Å². The highest BCUT2D eigenvalue weighted by molar-refractivity contribution is 5.91. The van der Waals surface area contributed by atoms with Crippen molar-refractivity contribution in [1.82, 2.24) is 4.90 Å². The molecule has 0 N–H and O–H groups in total. The monoisotopic (exact) mass is 351 g/mol. The Balaban J connectivity index is 1.65. The number of hydrogen-bond acceptors (Lipinski definition) is 3. The van der Waals surface area contributed by atoms with E-state index in [2.05, 4.69) is 0 Å². The Morgan fingerprint density at radius 3 is 2.60 bits per heavy atom. The minimum absolute atomic E-state index is 0.198. The van der Waals surface area contributed by atoms with Crippen molar-refractivity contribution in [2.24, 2.45) is 0 Å². The van der Waals surface area contributed by atoms with Gasteiger partial charge in [0.2, 0.25) is 5.91 Å². The normalized spacial score (nSPS) is 18.7. The van der Waals surface area contributed by atoms with Crippen molar-refractivity contribution in [2.75, 3.05) is 19.7 Å². The smallest absolute Gasteiger partial charge is 0.416 e. The fourth-order valence-electron chi connectivity index (χ4n) is 2.58. The number of nitrogens with zero attached hydrogens (tertiary/aromatic N) is 1. The van der Waals surface area contributed by atoms with E-state index in [1.54, 1.807) is 23.1 Å². The lowest BCUT2D eigenvalue weighted by Gasteiger charge is -2.32. The second kappa shape index (κ2) is 7.14. The van der Waals surface area contributed by atoms with Crippen LogP contribution in [-0.4, -0.2) is 30.5 Å². The summed E-state index contributed by atoms with van der Waals surface area (Å²) in [7, 11) is 0. The first-order valence-corrected chi connectivity index (χ1v) is 7.73. The average Bonchev–Trinajstić information content (AvgIpc) is 3.13. The van der Waals surface area contributed by atoms with E-state index in [0.29, 0.717) is 24.5 Å². The highest BCUT2D eigenvalue weighted by Gasteiger charge is 2.31. The van der Waals surface area contributed by atoms with Crippen molar-refractivity contribution in [3.8, 4) is 0 Å². The van der Waals surface area contributed by atoms with Crippen molar-refractivity contribution in [3.63, 3.8) is 0 Å². The van der Waals surface area contributed by atoms with Crippen molar-refractivity contribution in [3.05, 3.63) is 65.6 Å². The van der Waals surface area contributed by atoms with E-state index < -0.39 is 17.8 Å². The third-order valence-corrected chi connectivity index (χ3v) is 3.92. The van der Waals surface area contributed by atoms with Gasteiger partial charge in [-0.05, 0) is 35.9 Å². The fraction of sp³-hybridized carbons (Fsp3) is 0.278. The highest BCUT2D eigenvalue weighted by Crippen LogP contribution is 2.31. The lowest BCUT2D eigenvalue weighted by molar-refractivity contribution is -0.137. The molecule has 1 aliphatic rings. The van der Waals surface area contributed by atoms with Crippen LogP contribution in [0.3, 0.4) is 0 Å². The summed E-state index contributed by atoms with van der Waals surface area (Å²) in [6, 6.07) is 8.28. The predicted molar refractivity (Wildman–Crippen MR) is 84.5 cm³/mol. The number of ether oxygens (including phenoxy) is 1. The molecule has 0 aliphatic carbocycles. The highest BCUT2D eigenvalue weighted by atomic mass is 19.4. The van der Waals surface area contributed by atoms with Gasteiger partial charge in [-0.25, -0.2) is 0 Å². The summed E-state index contributed by atoms with van der Waals surface area (Å²) < 4.78 is 48.6. The van der Waals surface area contributed by atoms with Gasteiger partial charge in [0.15, 0.2) is 0 Å². The first kappa shape index (κ1) is 17.3. The van der Waals surface area contributed by atoms with Crippen molar-refractivity contribution >= 4 is 12.0 Å². The van der Waals surface area contributed by atoms with Crippen LogP contribution in [0.1, 0.15) is 23.0 Å². The number of halogens is 3. The Morgan fingerprint density at radius 1 is 1.20 bits per heavy atom. The van der Waals surface area contributed by atoms with E-state index in [1.807, 2.05) is 0 Å². The Hall–Kier alpha value is -2.54. The zero-order valence-electron chi connectivity index (χ0n) is 13.2. The van der Waals surface area contributed by atoms with Gasteiger partial charge in [-0.3, -0.25) is 4.79 Å². The maximum Gasteiger partial charge on any atom is 0.416 e. The summed E-state index contributed by atoms with van der Waals surface area (Å²) in [5, 5.41) is 0. The van der Waals surface area contributed by atoms with Crippen LogP contribution in [0.4, 0.5) is 13.2 Å². The third kappa shape index (κ3) is 4.30.